The number of likely N-dealkylation sites (N-methyl/N-ethyl adjacent to an activating group) is 1. The zero-order chi connectivity index (χ0) is 15.2. The highest BCUT2D eigenvalue weighted by atomic mass is 16.5. The number of carbonyl (C=O) groups excluding carboxylic acids is 1. The molecule has 0 radical (unpaired) electrons. The Kier molecular flexibility index (Phi) is 3.44. The monoisotopic (exact) mass is 277 g/mol. The van der Waals surface area contributed by atoms with Crippen LogP contribution < -0.4 is 4.74 Å². The van der Waals surface area contributed by atoms with Crippen LogP contribution in [0.4, 0.5) is 0 Å². The van der Waals surface area contributed by atoms with Crippen molar-refractivity contribution in [2.45, 2.75) is 46.1 Å². The number of aromatic hydroxyl groups is 1. The van der Waals surface area contributed by atoms with Gasteiger partial charge in [-0.25, -0.2) is 0 Å². The first-order valence-electron chi connectivity index (χ1n) is 6.91. The van der Waals surface area contributed by atoms with Gasteiger partial charge in [0.25, 0.3) is 5.91 Å². The third-order valence-electron chi connectivity index (χ3n) is 4.38. The summed E-state index contributed by atoms with van der Waals surface area (Å²) in [6.07, 6.45) is 1.37. The second-order valence-corrected chi connectivity index (χ2v) is 6.06. The molecule has 0 saturated carbocycles. The highest BCUT2D eigenvalue weighted by Crippen LogP contribution is 2.43. The van der Waals surface area contributed by atoms with Crippen molar-refractivity contribution in [3.8, 4) is 11.5 Å². The van der Waals surface area contributed by atoms with Gasteiger partial charge in [0.15, 0.2) is 5.60 Å². The first-order chi connectivity index (χ1) is 9.19. The molecular formula is C16H23NO3. The molecule has 1 aromatic rings. The van der Waals surface area contributed by atoms with E-state index in [1.165, 1.54) is 0 Å². The highest BCUT2D eigenvalue weighted by Gasteiger charge is 2.41. The molecule has 4 nitrogen and oxygen atoms in total. The summed E-state index contributed by atoms with van der Waals surface area (Å²) in [7, 11) is 3.49. The predicted molar refractivity (Wildman–Crippen MR) is 78.4 cm³/mol. The number of phenolic OH excluding ortho intramolecular Hbond substituents is 1. The fraction of sp³-hybridized carbons (Fsp3) is 0.562. The lowest BCUT2D eigenvalue weighted by atomic mass is 9.86. The summed E-state index contributed by atoms with van der Waals surface area (Å²) in [5.74, 6) is 1.08. The van der Waals surface area contributed by atoms with Gasteiger partial charge in [0.05, 0.1) is 0 Å². The molecule has 1 atom stereocenters. The maximum absolute atomic E-state index is 12.3. The van der Waals surface area contributed by atoms with Crippen LogP contribution in [-0.4, -0.2) is 35.6 Å². The molecule has 0 spiro atoms. The topological polar surface area (TPSA) is 49.8 Å². The van der Waals surface area contributed by atoms with E-state index in [9.17, 15) is 9.90 Å². The number of amides is 1. The van der Waals surface area contributed by atoms with Crippen molar-refractivity contribution in [2.75, 3.05) is 14.1 Å². The quantitative estimate of drug-likeness (QED) is 0.858. The van der Waals surface area contributed by atoms with Crippen LogP contribution >= 0.6 is 0 Å². The Hall–Kier alpha value is -1.71. The van der Waals surface area contributed by atoms with Crippen LogP contribution in [0.15, 0.2) is 0 Å². The predicted octanol–water partition coefficient (Wildman–Crippen LogP) is 2.49. The SMILES string of the molecule is Cc1c(C)c2c(c(C)c1O)CCC(C)(C(=O)N(C)C)O2. The van der Waals surface area contributed by atoms with Gasteiger partial charge in [0, 0.05) is 26.1 Å². The summed E-state index contributed by atoms with van der Waals surface area (Å²) in [5.41, 5.74) is 2.80. The average molecular weight is 277 g/mol. The second-order valence-electron chi connectivity index (χ2n) is 6.06. The Labute approximate surface area is 120 Å². The summed E-state index contributed by atoms with van der Waals surface area (Å²) >= 11 is 0. The number of fused-ring (bicyclic) bond motifs is 1. The van der Waals surface area contributed by atoms with Gasteiger partial charge < -0.3 is 14.7 Å². The van der Waals surface area contributed by atoms with Crippen molar-refractivity contribution in [1.29, 1.82) is 0 Å². The summed E-state index contributed by atoms with van der Waals surface area (Å²) in [6.45, 7) is 7.55. The van der Waals surface area contributed by atoms with Crippen LogP contribution in [0.5, 0.6) is 11.5 Å². The van der Waals surface area contributed by atoms with Crippen molar-refractivity contribution >= 4 is 5.91 Å². The van der Waals surface area contributed by atoms with Gasteiger partial charge in [-0.05, 0) is 50.8 Å². The summed E-state index contributed by atoms with van der Waals surface area (Å²) in [5, 5.41) is 10.1. The van der Waals surface area contributed by atoms with Gasteiger partial charge >= 0.3 is 0 Å². The molecule has 0 fully saturated rings. The van der Waals surface area contributed by atoms with E-state index in [2.05, 4.69) is 0 Å². The standard InChI is InChI=1S/C16H23NO3/c1-9-10(2)14-12(11(3)13(9)18)7-8-16(4,20-14)15(19)17(5)6/h18H,7-8H2,1-6H3. The lowest BCUT2D eigenvalue weighted by molar-refractivity contribution is -0.145. The Balaban J connectivity index is 2.53. The molecule has 1 aliphatic heterocycles. The molecule has 20 heavy (non-hydrogen) atoms. The Morgan fingerprint density at radius 3 is 2.35 bits per heavy atom. The van der Waals surface area contributed by atoms with Crippen LogP contribution in [-0.2, 0) is 11.2 Å². The fourth-order valence-electron chi connectivity index (χ4n) is 2.87. The number of nitrogens with zero attached hydrogens (tertiary/aromatic N) is 1. The molecule has 1 aromatic carbocycles. The summed E-state index contributed by atoms with van der Waals surface area (Å²) in [6, 6.07) is 0. The first-order valence-corrected chi connectivity index (χ1v) is 6.91. The normalized spacial score (nSPS) is 21.1. The van der Waals surface area contributed by atoms with Gasteiger partial charge in [0.1, 0.15) is 11.5 Å². The van der Waals surface area contributed by atoms with Crippen LogP contribution in [0, 0.1) is 20.8 Å². The maximum Gasteiger partial charge on any atom is 0.265 e. The van der Waals surface area contributed by atoms with E-state index in [1.807, 2.05) is 27.7 Å². The van der Waals surface area contributed by atoms with E-state index in [0.29, 0.717) is 12.2 Å². The number of ether oxygens (including phenoxy) is 1. The van der Waals surface area contributed by atoms with Gasteiger partial charge in [0.2, 0.25) is 0 Å². The molecule has 2 rings (SSSR count). The van der Waals surface area contributed by atoms with Crippen molar-refractivity contribution < 1.29 is 14.6 Å². The molecule has 0 aliphatic carbocycles. The molecule has 1 amide bonds. The number of benzene rings is 1. The third-order valence-corrected chi connectivity index (χ3v) is 4.38. The smallest absolute Gasteiger partial charge is 0.265 e. The fourth-order valence-corrected chi connectivity index (χ4v) is 2.87. The number of phenols is 1. The molecule has 1 N–H and O–H groups in total. The van der Waals surface area contributed by atoms with Gasteiger partial charge in [-0.15, -0.1) is 0 Å². The zero-order valence-electron chi connectivity index (χ0n) is 13.1. The minimum Gasteiger partial charge on any atom is -0.507 e. The minimum absolute atomic E-state index is 0.0223. The third kappa shape index (κ3) is 2.03. The van der Waals surface area contributed by atoms with Crippen LogP contribution in [0.3, 0.4) is 0 Å². The van der Waals surface area contributed by atoms with Gasteiger partial charge in [-0.1, -0.05) is 0 Å². The minimum atomic E-state index is -0.822. The molecule has 1 heterocycles. The molecule has 4 heteroatoms. The van der Waals surface area contributed by atoms with Crippen molar-refractivity contribution in [3.05, 3.63) is 22.3 Å². The van der Waals surface area contributed by atoms with Crippen LogP contribution in [0.25, 0.3) is 0 Å². The summed E-state index contributed by atoms with van der Waals surface area (Å²) < 4.78 is 6.09. The van der Waals surface area contributed by atoms with Crippen LogP contribution in [0.1, 0.15) is 35.6 Å². The van der Waals surface area contributed by atoms with Gasteiger partial charge in [-0.3, -0.25) is 4.79 Å². The van der Waals surface area contributed by atoms with E-state index >= 15 is 0 Å². The zero-order valence-corrected chi connectivity index (χ0v) is 13.1. The molecule has 1 unspecified atom stereocenters. The van der Waals surface area contributed by atoms with E-state index in [4.69, 9.17) is 4.74 Å². The average Bonchev–Trinajstić information content (AvgIpc) is 2.41. The summed E-state index contributed by atoms with van der Waals surface area (Å²) in [4.78, 5) is 13.9. The van der Waals surface area contributed by atoms with E-state index in [0.717, 1.165) is 34.4 Å². The number of carbonyl (C=O) groups is 1. The van der Waals surface area contributed by atoms with E-state index < -0.39 is 5.60 Å². The molecular weight excluding hydrogens is 254 g/mol. The van der Waals surface area contributed by atoms with Crippen molar-refractivity contribution in [3.63, 3.8) is 0 Å². The number of rotatable bonds is 1. The molecule has 1 aliphatic rings. The van der Waals surface area contributed by atoms with Crippen LogP contribution in [0.2, 0.25) is 0 Å². The number of hydrogen-bond donors (Lipinski definition) is 1. The Bertz CT molecular complexity index is 578. The second kappa shape index (κ2) is 4.69. The Morgan fingerprint density at radius 2 is 1.80 bits per heavy atom. The van der Waals surface area contributed by atoms with Crippen molar-refractivity contribution in [1.82, 2.24) is 4.90 Å². The molecule has 0 aromatic heterocycles. The van der Waals surface area contributed by atoms with Crippen molar-refractivity contribution in [2.24, 2.45) is 0 Å². The largest absolute Gasteiger partial charge is 0.507 e. The van der Waals surface area contributed by atoms with E-state index in [1.54, 1.807) is 19.0 Å². The molecule has 110 valence electrons. The van der Waals surface area contributed by atoms with E-state index in [-0.39, 0.29) is 5.91 Å². The Morgan fingerprint density at radius 1 is 1.20 bits per heavy atom. The number of hydrogen-bond acceptors (Lipinski definition) is 3. The molecule has 0 saturated heterocycles. The van der Waals surface area contributed by atoms with Gasteiger partial charge in [-0.2, -0.15) is 0 Å². The highest BCUT2D eigenvalue weighted by molar-refractivity contribution is 5.85. The lowest BCUT2D eigenvalue weighted by Crippen LogP contribution is -2.50. The molecule has 0 bridgehead atoms. The maximum atomic E-state index is 12.3. The lowest BCUT2D eigenvalue weighted by Gasteiger charge is -2.38. The first kappa shape index (κ1) is 14.7.